The minimum Gasteiger partial charge on any atom is -0.391 e. The van der Waals surface area contributed by atoms with Crippen LogP contribution in [0.5, 0.6) is 0 Å². The molecule has 0 aromatic carbocycles. The summed E-state index contributed by atoms with van der Waals surface area (Å²) < 4.78 is 0. The standard InChI is InChI=1S/C8H16N2O2/c1-6(9-2)8(12)10-4-3-7(11)5-10/h6-7,9,11H,3-5H2,1-2H3/t6?,7-/m0/s1. The minimum atomic E-state index is -0.321. The maximum absolute atomic E-state index is 11.5. The summed E-state index contributed by atoms with van der Waals surface area (Å²) in [7, 11) is 1.76. The quantitative estimate of drug-likeness (QED) is 0.572. The molecular weight excluding hydrogens is 156 g/mol. The normalized spacial score (nSPS) is 25.9. The number of carbonyl (C=O) groups excluding carboxylic acids is 1. The van der Waals surface area contributed by atoms with E-state index in [2.05, 4.69) is 5.32 Å². The number of carbonyl (C=O) groups is 1. The number of aliphatic hydroxyl groups excluding tert-OH is 1. The van der Waals surface area contributed by atoms with Crippen LogP contribution in [0.1, 0.15) is 13.3 Å². The van der Waals surface area contributed by atoms with E-state index in [0.29, 0.717) is 19.5 Å². The van der Waals surface area contributed by atoms with Gasteiger partial charge in [-0.1, -0.05) is 0 Å². The molecule has 1 amide bonds. The van der Waals surface area contributed by atoms with Crippen molar-refractivity contribution in [1.82, 2.24) is 10.2 Å². The van der Waals surface area contributed by atoms with Gasteiger partial charge in [0, 0.05) is 13.1 Å². The maximum atomic E-state index is 11.5. The lowest BCUT2D eigenvalue weighted by Gasteiger charge is -2.19. The van der Waals surface area contributed by atoms with Gasteiger partial charge in [-0.25, -0.2) is 0 Å². The second kappa shape index (κ2) is 3.87. The van der Waals surface area contributed by atoms with Gasteiger partial charge in [-0.3, -0.25) is 4.79 Å². The summed E-state index contributed by atoms with van der Waals surface area (Å²) in [4.78, 5) is 13.2. The highest BCUT2D eigenvalue weighted by Crippen LogP contribution is 2.09. The maximum Gasteiger partial charge on any atom is 0.239 e. The minimum absolute atomic E-state index is 0.0778. The summed E-state index contributed by atoms with van der Waals surface area (Å²) in [5, 5.41) is 12.1. The molecule has 0 aromatic rings. The van der Waals surface area contributed by atoms with Crippen molar-refractivity contribution in [3.63, 3.8) is 0 Å². The third-order valence-corrected chi connectivity index (χ3v) is 2.28. The van der Waals surface area contributed by atoms with Crippen LogP contribution in [-0.2, 0) is 4.79 Å². The van der Waals surface area contributed by atoms with Crippen LogP contribution in [0.3, 0.4) is 0 Å². The molecular formula is C8H16N2O2. The van der Waals surface area contributed by atoms with Crippen molar-refractivity contribution in [1.29, 1.82) is 0 Å². The number of β-amino-alcohol motifs (C(OH)–C–C–N with tert-alkyl or cyclic N) is 1. The fourth-order valence-electron chi connectivity index (χ4n) is 1.34. The Kier molecular flexibility index (Phi) is 3.05. The number of hydrogen-bond acceptors (Lipinski definition) is 3. The Morgan fingerprint density at radius 1 is 1.75 bits per heavy atom. The Labute approximate surface area is 72.6 Å². The van der Waals surface area contributed by atoms with Crippen LogP contribution < -0.4 is 5.32 Å². The topological polar surface area (TPSA) is 52.6 Å². The van der Waals surface area contributed by atoms with E-state index in [1.165, 1.54) is 0 Å². The molecule has 70 valence electrons. The third-order valence-electron chi connectivity index (χ3n) is 2.28. The zero-order valence-electron chi connectivity index (χ0n) is 7.58. The number of nitrogens with one attached hydrogen (secondary N) is 1. The van der Waals surface area contributed by atoms with Gasteiger partial charge in [0.2, 0.25) is 5.91 Å². The van der Waals surface area contributed by atoms with E-state index in [-0.39, 0.29) is 18.1 Å². The molecule has 1 aliphatic rings. The first-order chi connectivity index (χ1) is 5.65. The first-order valence-corrected chi connectivity index (χ1v) is 4.29. The van der Waals surface area contributed by atoms with Crippen molar-refractivity contribution < 1.29 is 9.90 Å². The smallest absolute Gasteiger partial charge is 0.239 e. The molecule has 1 aliphatic heterocycles. The summed E-state index contributed by atoms with van der Waals surface area (Å²) in [6.45, 7) is 3.00. The summed E-state index contributed by atoms with van der Waals surface area (Å²) in [6, 6.07) is -0.143. The highest BCUT2D eigenvalue weighted by Gasteiger charge is 2.26. The van der Waals surface area contributed by atoms with Gasteiger partial charge in [0.05, 0.1) is 12.1 Å². The van der Waals surface area contributed by atoms with Gasteiger partial charge < -0.3 is 15.3 Å². The lowest BCUT2D eigenvalue weighted by atomic mass is 10.3. The van der Waals surface area contributed by atoms with Gasteiger partial charge in [0.1, 0.15) is 0 Å². The molecule has 0 saturated carbocycles. The van der Waals surface area contributed by atoms with Crippen LogP contribution in [0, 0.1) is 0 Å². The van der Waals surface area contributed by atoms with Crippen LogP contribution in [0.4, 0.5) is 0 Å². The Bertz CT molecular complexity index is 172. The number of nitrogens with zero attached hydrogens (tertiary/aromatic N) is 1. The molecule has 4 heteroatoms. The van der Waals surface area contributed by atoms with Crippen molar-refractivity contribution in [2.45, 2.75) is 25.5 Å². The molecule has 2 N–H and O–H groups in total. The van der Waals surface area contributed by atoms with Gasteiger partial charge in [0.25, 0.3) is 0 Å². The lowest BCUT2D eigenvalue weighted by Crippen LogP contribution is -2.42. The van der Waals surface area contributed by atoms with Crippen molar-refractivity contribution in [2.75, 3.05) is 20.1 Å². The molecule has 1 fully saturated rings. The third kappa shape index (κ3) is 1.95. The van der Waals surface area contributed by atoms with Crippen molar-refractivity contribution in [3.05, 3.63) is 0 Å². The molecule has 1 heterocycles. The van der Waals surface area contributed by atoms with Crippen LogP contribution in [0.2, 0.25) is 0 Å². The van der Waals surface area contributed by atoms with Crippen molar-refractivity contribution >= 4 is 5.91 Å². The number of hydrogen-bond donors (Lipinski definition) is 2. The molecule has 0 aromatic heterocycles. The second-order valence-corrected chi connectivity index (χ2v) is 3.24. The monoisotopic (exact) mass is 172 g/mol. The first-order valence-electron chi connectivity index (χ1n) is 4.29. The Hall–Kier alpha value is -0.610. The Balaban J connectivity index is 2.43. The van der Waals surface area contributed by atoms with Crippen LogP contribution >= 0.6 is 0 Å². The van der Waals surface area contributed by atoms with E-state index in [4.69, 9.17) is 0 Å². The predicted molar refractivity (Wildman–Crippen MR) is 45.7 cm³/mol. The number of likely N-dealkylation sites (tertiary alicyclic amines) is 1. The van der Waals surface area contributed by atoms with E-state index >= 15 is 0 Å². The van der Waals surface area contributed by atoms with E-state index in [0.717, 1.165) is 0 Å². The summed E-state index contributed by atoms with van der Waals surface area (Å²) >= 11 is 0. The fraction of sp³-hybridized carbons (Fsp3) is 0.875. The van der Waals surface area contributed by atoms with Gasteiger partial charge in [-0.15, -0.1) is 0 Å². The van der Waals surface area contributed by atoms with Gasteiger partial charge in [-0.05, 0) is 20.4 Å². The molecule has 1 rings (SSSR count). The van der Waals surface area contributed by atoms with Crippen LogP contribution in [0.15, 0.2) is 0 Å². The number of aliphatic hydroxyl groups is 1. The summed E-state index contributed by atoms with van der Waals surface area (Å²) in [5.41, 5.74) is 0. The molecule has 1 saturated heterocycles. The molecule has 2 atom stereocenters. The van der Waals surface area contributed by atoms with E-state index in [9.17, 15) is 9.90 Å². The fourth-order valence-corrected chi connectivity index (χ4v) is 1.34. The first kappa shape index (κ1) is 9.48. The van der Waals surface area contributed by atoms with E-state index in [1.807, 2.05) is 6.92 Å². The SMILES string of the molecule is CNC(C)C(=O)N1CC[C@H](O)C1. The van der Waals surface area contributed by atoms with E-state index in [1.54, 1.807) is 11.9 Å². The average molecular weight is 172 g/mol. The summed E-state index contributed by atoms with van der Waals surface area (Å²) in [5.74, 6) is 0.0778. The van der Waals surface area contributed by atoms with Crippen molar-refractivity contribution in [3.8, 4) is 0 Å². The Morgan fingerprint density at radius 3 is 2.83 bits per heavy atom. The molecule has 4 nitrogen and oxygen atoms in total. The average Bonchev–Trinajstić information content (AvgIpc) is 2.49. The largest absolute Gasteiger partial charge is 0.391 e. The van der Waals surface area contributed by atoms with E-state index < -0.39 is 0 Å². The molecule has 12 heavy (non-hydrogen) atoms. The molecule has 0 aliphatic carbocycles. The van der Waals surface area contributed by atoms with Crippen molar-refractivity contribution in [2.24, 2.45) is 0 Å². The highest BCUT2D eigenvalue weighted by atomic mass is 16.3. The highest BCUT2D eigenvalue weighted by molar-refractivity contribution is 5.81. The van der Waals surface area contributed by atoms with Gasteiger partial charge in [0.15, 0.2) is 0 Å². The van der Waals surface area contributed by atoms with Gasteiger partial charge in [-0.2, -0.15) is 0 Å². The molecule has 1 unspecified atom stereocenters. The molecule has 0 bridgehead atoms. The van der Waals surface area contributed by atoms with Crippen LogP contribution in [0.25, 0.3) is 0 Å². The number of likely N-dealkylation sites (N-methyl/N-ethyl adjacent to an activating group) is 1. The Morgan fingerprint density at radius 2 is 2.42 bits per heavy atom. The number of rotatable bonds is 2. The molecule has 0 spiro atoms. The second-order valence-electron chi connectivity index (χ2n) is 3.24. The summed E-state index contributed by atoms with van der Waals surface area (Å²) in [6.07, 6.45) is 0.389. The number of amides is 1. The van der Waals surface area contributed by atoms with Gasteiger partial charge >= 0.3 is 0 Å². The predicted octanol–water partition coefficient (Wildman–Crippen LogP) is -0.813. The zero-order valence-corrected chi connectivity index (χ0v) is 7.58. The molecule has 0 radical (unpaired) electrons. The van der Waals surface area contributed by atoms with Crippen LogP contribution in [-0.4, -0.2) is 48.2 Å². The lowest BCUT2D eigenvalue weighted by molar-refractivity contribution is -0.132. The zero-order chi connectivity index (χ0) is 9.14.